The molecule has 0 saturated heterocycles. The van der Waals surface area contributed by atoms with Crippen molar-refractivity contribution in [2.45, 2.75) is 4.90 Å². The molecule has 0 aliphatic carbocycles. The second kappa shape index (κ2) is 7.49. The lowest BCUT2D eigenvalue weighted by molar-refractivity contribution is -0.385. The fourth-order valence-corrected chi connectivity index (χ4v) is 2.89. The molecule has 0 spiro atoms. The second-order valence-corrected chi connectivity index (χ2v) is 7.22. The summed E-state index contributed by atoms with van der Waals surface area (Å²) >= 11 is 3.19. The van der Waals surface area contributed by atoms with Gasteiger partial charge in [0.2, 0.25) is 0 Å². The summed E-state index contributed by atoms with van der Waals surface area (Å²) in [5.74, 6) is -0.426. The van der Waals surface area contributed by atoms with Gasteiger partial charge in [0.25, 0.3) is 15.7 Å². The Labute approximate surface area is 151 Å². The van der Waals surface area contributed by atoms with Crippen LogP contribution in [0.25, 0.3) is 0 Å². The zero-order chi connectivity index (χ0) is 18.6. The maximum atomic E-state index is 12.1. The maximum Gasteiger partial charge on any atom is 0.282 e. The quantitative estimate of drug-likeness (QED) is 0.411. The van der Waals surface area contributed by atoms with Crippen molar-refractivity contribution in [3.05, 3.63) is 56.5 Å². The van der Waals surface area contributed by atoms with Crippen molar-refractivity contribution < 1.29 is 23.2 Å². The number of nitro groups is 1. The van der Waals surface area contributed by atoms with E-state index < -0.39 is 20.6 Å². The molecule has 0 aromatic heterocycles. The highest BCUT2D eigenvalue weighted by atomic mass is 79.9. The average molecular weight is 430 g/mol. The molecule has 2 aromatic rings. The minimum absolute atomic E-state index is 0.0278. The van der Waals surface area contributed by atoms with Gasteiger partial charge in [-0.15, -0.1) is 0 Å². The summed E-state index contributed by atoms with van der Waals surface area (Å²) in [4.78, 5) is 12.3. The number of phenols is 1. The van der Waals surface area contributed by atoms with Gasteiger partial charge < -0.3 is 9.84 Å². The Morgan fingerprint density at radius 3 is 2.52 bits per heavy atom. The summed E-state index contributed by atoms with van der Waals surface area (Å²) in [7, 11) is -2.68. The summed E-state index contributed by atoms with van der Waals surface area (Å²) in [5, 5.41) is 24.3. The van der Waals surface area contributed by atoms with E-state index in [1.807, 2.05) is 4.83 Å². The van der Waals surface area contributed by atoms with Gasteiger partial charge in [-0.2, -0.15) is 13.5 Å². The largest absolute Gasteiger partial charge is 0.504 e. The highest BCUT2D eigenvalue weighted by Gasteiger charge is 2.18. The lowest BCUT2D eigenvalue weighted by Crippen LogP contribution is -2.18. The van der Waals surface area contributed by atoms with E-state index in [-0.39, 0.29) is 22.0 Å². The molecular formula is C14H12BrN3O6S. The summed E-state index contributed by atoms with van der Waals surface area (Å²) in [6, 6.07) is 7.89. The van der Waals surface area contributed by atoms with Crippen LogP contribution in [-0.4, -0.2) is 31.8 Å². The topological polar surface area (TPSA) is 131 Å². The Balaban J connectivity index is 2.28. The van der Waals surface area contributed by atoms with Crippen molar-refractivity contribution in [1.29, 1.82) is 0 Å². The monoisotopic (exact) mass is 429 g/mol. The van der Waals surface area contributed by atoms with Crippen molar-refractivity contribution in [1.82, 2.24) is 4.83 Å². The van der Waals surface area contributed by atoms with Gasteiger partial charge in [0.1, 0.15) is 0 Å². The molecule has 0 atom stereocenters. The minimum Gasteiger partial charge on any atom is -0.504 e. The third-order valence-corrected chi connectivity index (χ3v) is 4.79. The van der Waals surface area contributed by atoms with E-state index in [0.29, 0.717) is 4.47 Å². The molecule has 0 aliphatic rings. The van der Waals surface area contributed by atoms with E-state index in [1.165, 1.54) is 19.2 Å². The average Bonchev–Trinajstić information content (AvgIpc) is 2.55. The van der Waals surface area contributed by atoms with Crippen LogP contribution >= 0.6 is 15.9 Å². The van der Waals surface area contributed by atoms with Crippen LogP contribution in [0.5, 0.6) is 11.5 Å². The smallest absolute Gasteiger partial charge is 0.282 e. The van der Waals surface area contributed by atoms with E-state index in [1.54, 1.807) is 12.1 Å². The van der Waals surface area contributed by atoms with Crippen LogP contribution in [0.4, 0.5) is 5.69 Å². The van der Waals surface area contributed by atoms with Crippen molar-refractivity contribution in [2.24, 2.45) is 5.10 Å². The molecule has 0 fully saturated rings. The number of hydrazone groups is 1. The normalized spacial score (nSPS) is 11.4. The van der Waals surface area contributed by atoms with E-state index in [0.717, 1.165) is 18.3 Å². The van der Waals surface area contributed by atoms with E-state index in [2.05, 4.69) is 21.0 Å². The van der Waals surface area contributed by atoms with Crippen LogP contribution in [0.15, 0.2) is 50.9 Å². The lowest BCUT2D eigenvalue weighted by atomic mass is 10.1. The Bertz CT molecular complexity index is 928. The number of halogens is 1. The molecule has 2 aromatic carbocycles. The minimum atomic E-state index is -3.93. The number of aromatic hydroxyl groups is 1. The Morgan fingerprint density at radius 2 is 1.96 bits per heavy atom. The summed E-state index contributed by atoms with van der Waals surface area (Å²) in [6.07, 6.45) is 0.924. The van der Waals surface area contributed by atoms with Gasteiger partial charge in [-0.05, 0) is 30.3 Å². The molecule has 2 N–H and O–H groups in total. The number of phenolic OH excluding ortho intramolecular Hbond substituents is 1. The number of hydrogen-bond donors (Lipinski definition) is 2. The lowest BCUT2D eigenvalue weighted by Gasteiger charge is -2.05. The molecular weight excluding hydrogens is 418 g/mol. The number of benzene rings is 2. The van der Waals surface area contributed by atoms with E-state index in [4.69, 9.17) is 4.74 Å². The standard InChI is InChI=1S/C14H12BrN3O6S/c1-24-14-7-12(18(20)21)9(6-13(14)19)8-16-17-25(22,23)11-4-2-10(15)3-5-11/h2-8,17,19H,1H3/b16-8+. The number of nitro benzene ring substituents is 1. The van der Waals surface area contributed by atoms with Crippen LogP contribution in [0.1, 0.15) is 5.56 Å². The van der Waals surface area contributed by atoms with Gasteiger partial charge in [-0.3, -0.25) is 10.1 Å². The molecule has 0 amide bonds. The van der Waals surface area contributed by atoms with E-state index in [9.17, 15) is 23.6 Å². The SMILES string of the molecule is COc1cc([N+](=O)[O-])c(/C=N/NS(=O)(=O)c2ccc(Br)cc2)cc1O. The first-order valence-electron chi connectivity index (χ1n) is 6.60. The Hall–Kier alpha value is -2.66. The van der Waals surface area contributed by atoms with Gasteiger partial charge in [-0.25, -0.2) is 4.83 Å². The molecule has 0 saturated carbocycles. The van der Waals surface area contributed by atoms with Crippen LogP contribution in [0, 0.1) is 10.1 Å². The fourth-order valence-electron chi connectivity index (χ4n) is 1.83. The molecule has 0 aliphatic heterocycles. The van der Waals surface area contributed by atoms with Crippen LogP contribution in [0.2, 0.25) is 0 Å². The number of ether oxygens (including phenoxy) is 1. The van der Waals surface area contributed by atoms with Crippen LogP contribution in [0.3, 0.4) is 0 Å². The van der Waals surface area contributed by atoms with Crippen molar-refractivity contribution >= 4 is 37.9 Å². The summed E-state index contributed by atoms with van der Waals surface area (Å²) < 4.78 is 29.7. The second-order valence-electron chi connectivity index (χ2n) is 4.65. The van der Waals surface area contributed by atoms with Crippen molar-refractivity contribution in [3.63, 3.8) is 0 Å². The number of methoxy groups -OCH3 is 1. The Kier molecular flexibility index (Phi) is 5.59. The molecule has 2 rings (SSSR count). The molecule has 132 valence electrons. The van der Waals surface area contributed by atoms with Crippen molar-refractivity contribution in [2.75, 3.05) is 7.11 Å². The Morgan fingerprint density at radius 1 is 1.32 bits per heavy atom. The number of hydrogen-bond acceptors (Lipinski definition) is 7. The molecule has 9 nitrogen and oxygen atoms in total. The predicted molar refractivity (Wildman–Crippen MR) is 93.4 cm³/mol. The highest BCUT2D eigenvalue weighted by molar-refractivity contribution is 9.10. The zero-order valence-electron chi connectivity index (χ0n) is 12.7. The predicted octanol–water partition coefficient (Wildman–Crippen LogP) is 2.38. The first-order chi connectivity index (χ1) is 11.7. The maximum absolute atomic E-state index is 12.1. The molecule has 11 heteroatoms. The van der Waals surface area contributed by atoms with Gasteiger partial charge in [0.15, 0.2) is 11.5 Å². The molecule has 0 radical (unpaired) electrons. The molecule has 0 unspecified atom stereocenters. The summed E-state index contributed by atoms with van der Waals surface area (Å²) in [5.41, 5.74) is -0.497. The highest BCUT2D eigenvalue weighted by Crippen LogP contribution is 2.32. The molecule has 25 heavy (non-hydrogen) atoms. The zero-order valence-corrected chi connectivity index (χ0v) is 15.1. The first kappa shape index (κ1) is 18.7. The van der Waals surface area contributed by atoms with Gasteiger partial charge in [0.05, 0.1) is 34.8 Å². The number of rotatable bonds is 6. The van der Waals surface area contributed by atoms with Gasteiger partial charge in [0, 0.05) is 4.47 Å². The summed E-state index contributed by atoms with van der Waals surface area (Å²) in [6.45, 7) is 0. The third kappa shape index (κ3) is 4.45. The van der Waals surface area contributed by atoms with Crippen LogP contribution < -0.4 is 9.57 Å². The molecule has 0 heterocycles. The molecule has 0 bridgehead atoms. The fraction of sp³-hybridized carbons (Fsp3) is 0.0714. The first-order valence-corrected chi connectivity index (χ1v) is 8.88. The van der Waals surface area contributed by atoms with Gasteiger partial charge >= 0.3 is 0 Å². The third-order valence-electron chi connectivity index (χ3n) is 3.03. The van der Waals surface area contributed by atoms with E-state index >= 15 is 0 Å². The van der Waals surface area contributed by atoms with Gasteiger partial charge in [-0.1, -0.05) is 15.9 Å². The van der Waals surface area contributed by atoms with Crippen LogP contribution in [-0.2, 0) is 10.0 Å². The number of nitrogens with one attached hydrogen (secondary N) is 1. The number of nitrogens with zero attached hydrogens (tertiary/aromatic N) is 2. The number of sulfonamides is 1. The van der Waals surface area contributed by atoms with Crippen molar-refractivity contribution in [3.8, 4) is 11.5 Å².